The minimum atomic E-state index is 0.165. The van der Waals surface area contributed by atoms with Crippen LogP contribution >= 0.6 is 0 Å². The summed E-state index contributed by atoms with van der Waals surface area (Å²) < 4.78 is 10.3. The van der Waals surface area contributed by atoms with Crippen molar-refractivity contribution >= 4 is 21.9 Å². The molecule has 0 radical (unpaired) electrons. The molecule has 1 N–H and O–H groups in total. The number of rotatable bonds is 0. The average molecular weight is 174 g/mol. The highest BCUT2D eigenvalue weighted by Gasteiger charge is 2.06. The van der Waals surface area contributed by atoms with E-state index < -0.39 is 0 Å². The number of benzene rings is 1. The smallest absolute Gasteiger partial charge is 0.161 e. The third kappa shape index (κ3) is 0.783. The fourth-order valence-electron chi connectivity index (χ4n) is 1.47. The summed E-state index contributed by atoms with van der Waals surface area (Å²) in [6.45, 7) is 0. The molecule has 3 aromatic rings. The lowest BCUT2D eigenvalue weighted by atomic mass is 10.2. The molecule has 0 unspecified atom stereocenters. The van der Waals surface area contributed by atoms with E-state index in [0.29, 0.717) is 11.0 Å². The summed E-state index contributed by atoms with van der Waals surface area (Å²) in [5.41, 5.74) is 1.40. The Kier molecular flexibility index (Phi) is 1.05. The Bertz CT molecular complexity index is 574. The summed E-state index contributed by atoms with van der Waals surface area (Å²) in [5, 5.41) is 11.1. The van der Waals surface area contributed by atoms with E-state index in [1.54, 1.807) is 12.3 Å². The maximum Gasteiger partial charge on any atom is 0.161 e. The Balaban J connectivity index is 2.59. The van der Waals surface area contributed by atoms with Crippen LogP contribution in [0.25, 0.3) is 21.9 Å². The lowest BCUT2D eigenvalue weighted by Crippen LogP contribution is -1.65. The summed E-state index contributed by atoms with van der Waals surface area (Å²) in [7, 11) is 0. The lowest BCUT2D eigenvalue weighted by Gasteiger charge is -1.89. The predicted octanol–water partition coefficient (Wildman–Crippen LogP) is 2.88. The maximum atomic E-state index is 9.38. The van der Waals surface area contributed by atoms with Crippen LogP contribution in [0.2, 0.25) is 0 Å². The Hall–Kier alpha value is -1.90. The molecule has 0 bridgehead atoms. The monoisotopic (exact) mass is 174 g/mol. The molecule has 0 spiro atoms. The standard InChI is InChI=1S/C10H6O3/c11-8-5-13-10-4-9-6(1-2-12-9)3-7(8)10/h1-5,11H. The molecule has 0 aliphatic rings. The van der Waals surface area contributed by atoms with E-state index in [1.807, 2.05) is 12.1 Å². The van der Waals surface area contributed by atoms with Crippen LogP contribution in [0.5, 0.6) is 5.75 Å². The summed E-state index contributed by atoms with van der Waals surface area (Å²) in [5.74, 6) is 0.165. The topological polar surface area (TPSA) is 46.5 Å². The second-order valence-electron chi connectivity index (χ2n) is 2.93. The van der Waals surface area contributed by atoms with Gasteiger partial charge in [0.25, 0.3) is 0 Å². The quantitative estimate of drug-likeness (QED) is 0.570. The molecule has 3 rings (SSSR count). The van der Waals surface area contributed by atoms with E-state index >= 15 is 0 Å². The van der Waals surface area contributed by atoms with Gasteiger partial charge in [0, 0.05) is 11.5 Å². The van der Waals surface area contributed by atoms with E-state index in [2.05, 4.69) is 0 Å². The first-order chi connectivity index (χ1) is 6.34. The van der Waals surface area contributed by atoms with Gasteiger partial charge >= 0.3 is 0 Å². The molecule has 3 heteroatoms. The Morgan fingerprint density at radius 1 is 1.08 bits per heavy atom. The number of furan rings is 2. The second-order valence-corrected chi connectivity index (χ2v) is 2.93. The Morgan fingerprint density at radius 2 is 2.00 bits per heavy atom. The van der Waals surface area contributed by atoms with Gasteiger partial charge in [-0.1, -0.05) is 0 Å². The number of aromatic hydroxyl groups is 1. The van der Waals surface area contributed by atoms with Gasteiger partial charge in [-0.2, -0.15) is 0 Å². The van der Waals surface area contributed by atoms with Gasteiger partial charge in [0.1, 0.15) is 17.4 Å². The number of hydrogen-bond donors (Lipinski definition) is 1. The van der Waals surface area contributed by atoms with E-state index in [1.165, 1.54) is 6.26 Å². The minimum absolute atomic E-state index is 0.165. The molecule has 0 aliphatic heterocycles. The van der Waals surface area contributed by atoms with Crippen LogP contribution in [0, 0.1) is 0 Å². The van der Waals surface area contributed by atoms with Gasteiger partial charge in [0.2, 0.25) is 0 Å². The zero-order valence-corrected chi connectivity index (χ0v) is 6.65. The van der Waals surface area contributed by atoms with Gasteiger partial charge in [-0.05, 0) is 12.1 Å². The van der Waals surface area contributed by atoms with Crippen molar-refractivity contribution in [1.29, 1.82) is 0 Å². The first-order valence-corrected chi connectivity index (χ1v) is 3.92. The average Bonchev–Trinajstić information content (AvgIpc) is 2.70. The van der Waals surface area contributed by atoms with Gasteiger partial charge < -0.3 is 13.9 Å². The number of hydrogen-bond acceptors (Lipinski definition) is 3. The molecular weight excluding hydrogens is 168 g/mol. The van der Waals surface area contributed by atoms with Crippen molar-refractivity contribution < 1.29 is 13.9 Å². The molecule has 0 saturated carbocycles. The van der Waals surface area contributed by atoms with Crippen LogP contribution in [-0.2, 0) is 0 Å². The molecule has 0 amide bonds. The third-order valence-corrected chi connectivity index (χ3v) is 2.13. The van der Waals surface area contributed by atoms with Crippen LogP contribution < -0.4 is 0 Å². The molecule has 64 valence electrons. The third-order valence-electron chi connectivity index (χ3n) is 2.13. The van der Waals surface area contributed by atoms with Gasteiger partial charge in [-0.3, -0.25) is 0 Å². The molecule has 2 aromatic heterocycles. The van der Waals surface area contributed by atoms with E-state index in [4.69, 9.17) is 8.83 Å². The lowest BCUT2D eigenvalue weighted by molar-refractivity contribution is 0.464. The normalized spacial score (nSPS) is 11.4. The fraction of sp³-hybridized carbons (Fsp3) is 0. The van der Waals surface area contributed by atoms with Crippen molar-refractivity contribution in [3.8, 4) is 5.75 Å². The van der Waals surface area contributed by atoms with Crippen molar-refractivity contribution in [3.05, 3.63) is 30.7 Å². The summed E-state index contributed by atoms with van der Waals surface area (Å²) in [6, 6.07) is 5.46. The van der Waals surface area contributed by atoms with Crippen molar-refractivity contribution in [2.45, 2.75) is 0 Å². The van der Waals surface area contributed by atoms with Crippen molar-refractivity contribution in [3.63, 3.8) is 0 Å². The molecule has 0 saturated heterocycles. The summed E-state index contributed by atoms with van der Waals surface area (Å²) in [4.78, 5) is 0. The molecule has 13 heavy (non-hydrogen) atoms. The zero-order chi connectivity index (χ0) is 8.84. The van der Waals surface area contributed by atoms with Gasteiger partial charge in [0.15, 0.2) is 5.75 Å². The van der Waals surface area contributed by atoms with E-state index in [9.17, 15) is 5.11 Å². The zero-order valence-electron chi connectivity index (χ0n) is 6.65. The molecule has 0 atom stereocenters. The van der Waals surface area contributed by atoms with Gasteiger partial charge in [0.05, 0.1) is 11.6 Å². The van der Waals surface area contributed by atoms with E-state index in [-0.39, 0.29) is 5.75 Å². The molecular formula is C10H6O3. The molecule has 0 fully saturated rings. The van der Waals surface area contributed by atoms with E-state index in [0.717, 1.165) is 11.0 Å². The molecule has 0 aliphatic carbocycles. The van der Waals surface area contributed by atoms with Gasteiger partial charge in [-0.25, -0.2) is 0 Å². The van der Waals surface area contributed by atoms with Crippen LogP contribution in [0.15, 0.2) is 39.6 Å². The van der Waals surface area contributed by atoms with Gasteiger partial charge in [-0.15, -0.1) is 0 Å². The van der Waals surface area contributed by atoms with Crippen molar-refractivity contribution in [2.75, 3.05) is 0 Å². The second kappa shape index (κ2) is 2.07. The van der Waals surface area contributed by atoms with Crippen molar-refractivity contribution in [2.24, 2.45) is 0 Å². The first kappa shape index (κ1) is 6.60. The highest BCUT2D eigenvalue weighted by atomic mass is 16.4. The minimum Gasteiger partial charge on any atom is -0.504 e. The molecule has 2 heterocycles. The summed E-state index contributed by atoms with van der Waals surface area (Å²) >= 11 is 0. The van der Waals surface area contributed by atoms with Crippen LogP contribution in [0.1, 0.15) is 0 Å². The van der Waals surface area contributed by atoms with Crippen LogP contribution in [0.4, 0.5) is 0 Å². The fourth-order valence-corrected chi connectivity index (χ4v) is 1.47. The predicted molar refractivity (Wildman–Crippen MR) is 47.7 cm³/mol. The van der Waals surface area contributed by atoms with Crippen LogP contribution in [0.3, 0.4) is 0 Å². The highest BCUT2D eigenvalue weighted by molar-refractivity contribution is 5.96. The largest absolute Gasteiger partial charge is 0.504 e. The first-order valence-electron chi connectivity index (χ1n) is 3.92. The Morgan fingerprint density at radius 3 is 2.92 bits per heavy atom. The Labute approximate surface area is 73.2 Å². The summed E-state index contributed by atoms with van der Waals surface area (Å²) in [6.07, 6.45) is 2.93. The number of fused-ring (bicyclic) bond motifs is 2. The molecule has 3 nitrogen and oxygen atoms in total. The SMILES string of the molecule is Oc1coc2cc3occc3cc12. The maximum absolute atomic E-state index is 9.38. The van der Waals surface area contributed by atoms with Crippen LogP contribution in [-0.4, -0.2) is 5.11 Å². The molecule has 1 aromatic carbocycles. The van der Waals surface area contributed by atoms with Crippen molar-refractivity contribution in [1.82, 2.24) is 0 Å². The highest BCUT2D eigenvalue weighted by Crippen LogP contribution is 2.30.